The standard InChI is InChI=1S/C35H41N6O9P/c1-21(2)27(32(44)47-18-10-13-22-11-5-4-6-12-22)40-51(46,50-25-17-9-15-23-14-7-8-16-24(23)25)48-19-26-29(42)35(3,45)33(49-26)41-20-37-28-30(41)38-34(36)39-31(28)43/h4-9,11-12,14-17,20-21,26-27,29,33,42,45H,10,13,18-19H2,1-3H3,(H,40,46)(H3,36,38,39,43)/t26-,27+,29-,33-,35-,51?/m1/s1. The van der Waals surface area contributed by atoms with E-state index in [2.05, 4.69) is 20.0 Å². The molecule has 1 unspecified atom stereocenters. The number of aromatic nitrogens is 4. The summed E-state index contributed by atoms with van der Waals surface area (Å²) in [6.45, 7) is 4.44. The van der Waals surface area contributed by atoms with Crippen molar-refractivity contribution in [3.8, 4) is 5.75 Å². The number of benzene rings is 3. The Morgan fingerprint density at radius 1 is 1.14 bits per heavy atom. The summed E-state index contributed by atoms with van der Waals surface area (Å²) in [4.78, 5) is 36.3. The zero-order chi connectivity index (χ0) is 36.3. The molecule has 270 valence electrons. The number of aliphatic hydroxyl groups is 2. The number of anilines is 1. The van der Waals surface area contributed by atoms with Crippen molar-refractivity contribution in [1.82, 2.24) is 24.6 Å². The lowest BCUT2D eigenvalue weighted by atomic mass is 9.96. The topological polar surface area (TPSA) is 213 Å². The molecule has 1 aliphatic heterocycles. The number of hydrogen-bond donors (Lipinski definition) is 5. The van der Waals surface area contributed by atoms with Crippen LogP contribution in [-0.4, -0.2) is 72.8 Å². The van der Waals surface area contributed by atoms with E-state index in [1.165, 1.54) is 17.8 Å². The minimum Gasteiger partial charge on any atom is -0.464 e. The maximum Gasteiger partial charge on any atom is 0.459 e. The van der Waals surface area contributed by atoms with E-state index >= 15 is 0 Å². The summed E-state index contributed by atoms with van der Waals surface area (Å²) in [5.41, 5.74) is 4.26. The fourth-order valence-corrected chi connectivity index (χ4v) is 7.67. The first-order valence-electron chi connectivity index (χ1n) is 16.5. The molecule has 0 saturated carbocycles. The molecule has 2 aromatic heterocycles. The summed E-state index contributed by atoms with van der Waals surface area (Å²) in [6.07, 6.45) is -1.63. The monoisotopic (exact) mass is 720 g/mol. The van der Waals surface area contributed by atoms with Gasteiger partial charge in [0.05, 0.1) is 19.5 Å². The van der Waals surface area contributed by atoms with Gasteiger partial charge < -0.3 is 29.9 Å². The van der Waals surface area contributed by atoms with Crippen LogP contribution in [0.5, 0.6) is 5.75 Å². The van der Waals surface area contributed by atoms with Gasteiger partial charge in [0, 0.05) is 5.39 Å². The van der Waals surface area contributed by atoms with Crippen LogP contribution in [0.25, 0.3) is 21.9 Å². The van der Waals surface area contributed by atoms with Crippen molar-refractivity contribution in [3.05, 3.63) is 95.0 Å². The van der Waals surface area contributed by atoms with Crippen LogP contribution < -0.4 is 20.9 Å². The van der Waals surface area contributed by atoms with Gasteiger partial charge >= 0.3 is 13.7 Å². The molecule has 3 heterocycles. The molecule has 0 aliphatic carbocycles. The first kappa shape index (κ1) is 36.2. The molecule has 0 radical (unpaired) electrons. The third kappa shape index (κ3) is 7.83. The largest absolute Gasteiger partial charge is 0.464 e. The Morgan fingerprint density at radius 2 is 1.86 bits per heavy atom. The molecule has 1 saturated heterocycles. The van der Waals surface area contributed by atoms with E-state index in [4.69, 9.17) is 24.3 Å². The third-order valence-electron chi connectivity index (χ3n) is 8.75. The number of aryl methyl sites for hydroxylation is 1. The second-order valence-corrected chi connectivity index (χ2v) is 14.6. The Kier molecular flexibility index (Phi) is 10.6. The molecule has 0 bridgehead atoms. The lowest BCUT2D eigenvalue weighted by molar-refractivity contribution is -0.147. The first-order chi connectivity index (χ1) is 24.4. The summed E-state index contributed by atoms with van der Waals surface area (Å²) in [6, 6.07) is 21.2. The summed E-state index contributed by atoms with van der Waals surface area (Å²) in [7, 11) is -4.47. The number of esters is 1. The number of hydrogen-bond acceptors (Lipinski definition) is 12. The number of aliphatic hydroxyl groups excluding tert-OH is 1. The quantitative estimate of drug-likeness (QED) is 0.0627. The molecule has 3 aromatic carbocycles. The van der Waals surface area contributed by atoms with Crippen LogP contribution in [0, 0.1) is 5.92 Å². The highest BCUT2D eigenvalue weighted by Crippen LogP contribution is 2.49. The van der Waals surface area contributed by atoms with E-state index in [1.807, 2.05) is 48.5 Å². The van der Waals surface area contributed by atoms with Gasteiger partial charge in [0.15, 0.2) is 17.4 Å². The Balaban J connectivity index is 1.23. The molecule has 6 N–H and O–H groups in total. The maximum atomic E-state index is 14.7. The van der Waals surface area contributed by atoms with Crippen molar-refractivity contribution in [2.45, 2.75) is 63.7 Å². The number of carbonyl (C=O) groups excluding carboxylic acids is 1. The predicted molar refractivity (Wildman–Crippen MR) is 189 cm³/mol. The molecule has 1 fully saturated rings. The van der Waals surface area contributed by atoms with Crippen LogP contribution in [0.1, 0.15) is 39.0 Å². The maximum absolute atomic E-state index is 14.7. The smallest absolute Gasteiger partial charge is 0.459 e. The summed E-state index contributed by atoms with van der Waals surface area (Å²) >= 11 is 0. The minimum atomic E-state index is -4.47. The number of rotatable bonds is 14. The first-order valence-corrected chi connectivity index (χ1v) is 18.1. The molecule has 0 amide bonds. The van der Waals surface area contributed by atoms with Gasteiger partial charge in [-0.3, -0.25) is 23.7 Å². The van der Waals surface area contributed by atoms with Crippen LogP contribution in [0.4, 0.5) is 5.95 Å². The summed E-state index contributed by atoms with van der Waals surface area (Å²) in [5.74, 6) is -1.01. The number of nitrogen functional groups attached to an aromatic ring is 1. The van der Waals surface area contributed by atoms with Gasteiger partial charge in [0.2, 0.25) is 5.95 Å². The van der Waals surface area contributed by atoms with Crippen LogP contribution in [0.3, 0.4) is 0 Å². The molecular weight excluding hydrogens is 679 g/mol. The van der Waals surface area contributed by atoms with Crippen LogP contribution in [-0.2, 0) is 29.8 Å². The van der Waals surface area contributed by atoms with Gasteiger partial charge in [0.25, 0.3) is 5.56 Å². The van der Waals surface area contributed by atoms with Crippen molar-refractivity contribution < 1.29 is 38.1 Å². The molecule has 6 rings (SSSR count). The fourth-order valence-electron chi connectivity index (χ4n) is 5.99. The molecule has 16 heteroatoms. The van der Waals surface area contributed by atoms with E-state index in [0.717, 1.165) is 10.9 Å². The normalized spacial score (nSPS) is 22.3. The van der Waals surface area contributed by atoms with Gasteiger partial charge in [-0.05, 0) is 42.7 Å². The summed E-state index contributed by atoms with van der Waals surface area (Å²) in [5, 5.41) is 26.9. The summed E-state index contributed by atoms with van der Waals surface area (Å²) < 4.78 is 39.7. The number of ether oxygens (including phenoxy) is 2. The van der Waals surface area contributed by atoms with E-state index in [-0.39, 0.29) is 29.5 Å². The number of nitrogens with one attached hydrogen (secondary N) is 2. The number of nitrogens with zero attached hydrogens (tertiary/aromatic N) is 3. The lowest BCUT2D eigenvalue weighted by Gasteiger charge is -2.28. The second kappa shape index (κ2) is 14.9. The van der Waals surface area contributed by atoms with Crippen LogP contribution in [0.2, 0.25) is 0 Å². The van der Waals surface area contributed by atoms with E-state index in [1.54, 1.807) is 38.1 Å². The molecule has 6 atom stereocenters. The Morgan fingerprint density at radius 3 is 2.63 bits per heavy atom. The van der Waals surface area contributed by atoms with Gasteiger partial charge in [-0.1, -0.05) is 80.6 Å². The third-order valence-corrected chi connectivity index (χ3v) is 10.3. The Bertz CT molecular complexity index is 2100. The number of fused-ring (bicyclic) bond motifs is 2. The average molecular weight is 721 g/mol. The highest BCUT2D eigenvalue weighted by Gasteiger charge is 2.54. The average Bonchev–Trinajstić information content (AvgIpc) is 3.62. The highest BCUT2D eigenvalue weighted by atomic mass is 31.2. The molecule has 5 aromatic rings. The number of H-pyrrole nitrogens is 1. The second-order valence-electron chi connectivity index (χ2n) is 12.9. The molecule has 15 nitrogen and oxygen atoms in total. The number of aromatic amines is 1. The van der Waals surface area contributed by atoms with Crippen molar-refractivity contribution in [2.75, 3.05) is 18.9 Å². The zero-order valence-corrected chi connectivity index (χ0v) is 29.2. The van der Waals surface area contributed by atoms with Gasteiger partial charge in [-0.15, -0.1) is 0 Å². The molecular formula is C35H41N6O9P. The van der Waals surface area contributed by atoms with Crippen molar-refractivity contribution in [3.63, 3.8) is 0 Å². The van der Waals surface area contributed by atoms with E-state index < -0.39 is 61.9 Å². The number of nitrogens with two attached hydrogens (primary N) is 1. The van der Waals surface area contributed by atoms with Gasteiger partial charge in [-0.2, -0.15) is 10.1 Å². The van der Waals surface area contributed by atoms with Gasteiger partial charge in [-0.25, -0.2) is 9.55 Å². The lowest BCUT2D eigenvalue weighted by Crippen LogP contribution is -2.45. The van der Waals surface area contributed by atoms with Gasteiger partial charge in [0.1, 0.15) is 29.6 Å². The van der Waals surface area contributed by atoms with E-state index in [9.17, 15) is 24.4 Å². The van der Waals surface area contributed by atoms with Crippen LogP contribution in [0.15, 0.2) is 83.9 Å². The minimum absolute atomic E-state index is 0.0176. The number of imidazole rings is 1. The molecule has 0 spiro atoms. The van der Waals surface area contributed by atoms with Crippen molar-refractivity contribution in [1.29, 1.82) is 0 Å². The molecule has 51 heavy (non-hydrogen) atoms. The van der Waals surface area contributed by atoms with E-state index in [0.29, 0.717) is 18.2 Å². The Hall–Kier alpha value is -4.63. The van der Waals surface area contributed by atoms with Crippen molar-refractivity contribution in [2.24, 2.45) is 5.92 Å². The number of carbonyl (C=O) groups is 1. The molecule has 1 aliphatic rings. The Labute approximate surface area is 293 Å². The van der Waals surface area contributed by atoms with Crippen molar-refractivity contribution >= 4 is 41.6 Å². The van der Waals surface area contributed by atoms with Crippen LogP contribution >= 0.6 is 7.75 Å². The fraction of sp³-hybridized carbons (Fsp3) is 0.371. The zero-order valence-electron chi connectivity index (χ0n) is 28.3. The highest BCUT2D eigenvalue weighted by molar-refractivity contribution is 7.52. The SMILES string of the molecule is CC(C)[C@H](NP(=O)(OC[C@H]1O[C@@H](n2cnc3c(=O)[nH]c(N)nc32)[C@](C)(O)[C@@H]1O)Oc1cccc2ccccc12)C(=O)OCCCc1ccccc1. The predicted octanol–water partition coefficient (Wildman–Crippen LogP) is 3.86.